The van der Waals surface area contributed by atoms with Crippen molar-refractivity contribution in [1.29, 1.82) is 0 Å². The highest BCUT2D eigenvalue weighted by Crippen LogP contribution is 2.30. The lowest BCUT2D eigenvalue weighted by atomic mass is 10.2. The van der Waals surface area contributed by atoms with E-state index in [-0.39, 0.29) is 11.9 Å². The maximum absolute atomic E-state index is 12.2. The van der Waals surface area contributed by atoms with Crippen LogP contribution in [-0.4, -0.2) is 37.1 Å². The van der Waals surface area contributed by atoms with Crippen molar-refractivity contribution in [3.8, 4) is 17.2 Å². The predicted octanol–water partition coefficient (Wildman–Crippen LogP) is 2.54. The topological polar surface area (TPSA) is 89.2 Å². The van der Waals surface area contributed by atoms with Crippen molar-refractivity contribution in [3.05, 3.63) is 54.1 Å². The molecule has 2 aromatic carbocycles. The number of amides is 1. The highest BCUT2D eigenvalue weighted by Gasteiger charge is 2.12. The number of carbonyl (C=O) groups is 1. The number of methoxy groups -OCH3 is 1. The van der Waals surface area contributed by atoms with Gasteiger partial charge in [-0.15, -0.1) is 5.10 Å². The van der Waals surface area contributed by atoms with E-state index in [2.05, 4.69) is 10.4 Å². The Kier molecular flexibility index (Phi) is 5.58. The molecule has 0 aliphatic carbocycles. The highest BCUT2D eigenvalue weighted by molar-refractivity contribution is 6.05. The Balaban J connectivity index is 1.62. The van der Waals surface area contributed by atoms with Gasteiger partial charge in [0.15, 0.2) is 11.5 Å². The van der Waals surface area contributed by atoms with Crippen LogP contribution in [-0.2, 0) is 0 Å². The molecule has 0 spiro atoms. The Morgan fingerprint density at radius 1 is 1.08 bits per heavy atom. The molecule has 1 aliphatic rings. The molecule has 2 aromatic rings. The molecule has 0 aromatic heterocycles. The minimum absolute atomic E-state index is 0.103. The number of nitrogens with one attached hydrogen (secondary N) is 1. The van der Waals surface area contributed by atoms with Gasteiger partial charge in [0.1, 0.15) is 5.75 Å². The molecule has 26 heavy (non-hydrogen) atoms. The summed E-state index contributed by atoms with van der Waals surface area (Å²) in [6, 6.07) is 14.1. The number of benzene rings is 2. The fraction of sp³-hybridized carbons (Fsp3) is 0.263. The smallest absolute Gasteiger partial charge is 0.257 e. The number of ether oxygens (including phenoxy) is 2. The van der Waals surface area contributed by atoms with Gasteiger partial charge in [0, 0.05) is 18.7 Å². The van der Waals surface area contributed by atoms with Crippen LogP contribution in [0.25, 0.3) is 0 Å². The van der Waals surface area contributed by atoms with Crippen molar-refractivity contribution in [3.63, 3.8) is 0 Å². The summed E-state index contributed by atoms with van der Waals surface area (Å²) in [6.45, 7) is 1.73. The van der Waals surface area contributed by atoms with Crippen molar-refractivity contribution in [2.75, 3.05) is 20.2 Å². The van der Waals surface area contributed by atoms with Gasteiger partial charge in [-0.05, 0) is 49.2 Å². The molecule has 1 aliphatic heterocycles. The molecule has 0 bridgehead atoms. The lowest BCUT2D eigenvalue weighted by molar-refractivity contribution is 0.0976. The van der Waals surface area contributed by atoms with Crippen LogP contribution in [0.3, 0.4) is 0 Å². The Labute approximate surface area is 152 Å². The normalized spacial score (nSPS) is 14.2. The average Bonchev–Trinajstić information content (AvgIpc) is 3.15. The van der Waals surface area contributed by atoms with Gasteiger partial charge in [-0.25, -0.2) is 0 Å². The van der Waals surface area contributed by atoms with Crippen molar-refractivity contribution in [1.82, 2.24) is 10.3 Å². The van der Waals surface area contributed by atoms with E-state index in [9.17, 15) is 4.79 Å². The van der Waals surface area contributed by atoms with Crippen molar-refractivity contribution in [2.45, 2.75) is 12.8 Å². The molecule has 3 rings (SSSR count). The Morgan fingerprint density at radius 2 is 1.73 bits per heavy atom. The lowest BCUT2D eigenvalue weighted by Gasteiger charge is -2.12. The van der Waals surface area contributed by atoms with Gasteiger partial charge in [0.2, 0.25) is 5.96 Å². The van der Waals surface area contributed by atoms with Crippen LogP contribution in [0.5, 0.6) is 17.2 Å². The molecule has 136 valence electrons. The molecule has 0 radical (unpaired) electrons. The minimum Gasteiger partial charge on any atom is -0.493 e. The molecular formula is C19H22N4O3. The molecule has 1 heterocycles. The first-order valence-electron chi connectivity index (χ1n) is 8.47. The van der Waals surface area contributed by atoms with Crippen LogP contribution in [0.15, 0.2) is 53.6 Å². The molecule has 1 fully saturated rings. The quantitative estimate of drug-likeness (QED) is 0.636. The number of nitrogens with zero attached hydrogens (tertiary/aromatic N) is 2. The molecular weight excluding hydrogens is 332 g/mol. The summed E-state index contributed by atoms with van der Waals surface area (Å²) in [6.07, 6.45) is 2.19. The largest absolute Gasteiger partial charge is 0.493 e. The summed E-state index contributed by atoms with van der Waals surface area (Å²) in [7, 11) is 1.59. The van der Waals surface area contributed by atoms with Crippen molar-refractivity contribution < 1.29 is 14.3 Å². The Hall–Kier alpha value is -3.22. The average molecular weight is 354 g/mol. The maximum Gasteiger partial charge on any atom is 0.257 e. The number of hydrogen-bond acceptors (Lipinski definition) is 5. The molecule has 3 N–H and O–H groups in total. The monoisotopic (exact) mass is 354 g/mol. The van der Waals surface area contributed by atoms with E-state index in [4.69, 9.17) is 15.2 Å². The van der Waals surface area contributed by atoms with Gasteiger partial charge in [-0.2, -0.15) is 0 Å². The second kappa shape index (κ2) is 8.24. The van der Waals surface area contributed by atoms with E-state index in [1.165, 1.54) is 0 Å². The van der Waals surface area contributed by atoms with Crippen LogP contribution in [0.1, 0.15) is 23.2 Å². The van der Waals surface area contributed by atoms with Gasteiger partial charge in [-0.3, -0.25) is 15.1 Å². The summed E-state index contributed by atoms with van der Waals surface area (Å²) in [5.41, 5.74) is 6.26. The zero-order valence-corrected chi connectivity index (χ0v) is 14.6. The van der Waals surface area contributed by atoms with E-state index >= 15 is 0 Å². The molecule has 1 saturated heterocycles. The van der Waals surface area contributed by atoms with Gasteiger partial charge in [0.05, 0.1) is 7.11 Å². The first-order chi connectivity index (χ1) is 12.7. The van der Waals surface area contributed by atoms with E-state index in [1.54, 1.807) is 31.4 Å². The minimum atomic E-state index is -0.311. The first kappa shape index (κ1) is 17.6. The van der Waals surface area contributed by atoms with E-state index < -0.39 is 0 Å². The summed E-state index contributed by atoms with van der Waals surface area (Å²) < 4.78 is 11.1. The third kappa shape index (κ3) is 4.44. The van der Waals surface area contributed by atoms with E-state index in [0.717, 1.165) is 25.9 Å². The van der Waals surface area contributed by atoms with Crippen LogP contribution in [0.2, 0.25) is 0 Å². The van der Waals surface area contributed by atoms with Gasteiger partial charge in [0.25, 0.3) is 5.91 Å². The molecule has 1 amide bonds. The fourth-order valence-electron chi connectivity index (χ4n) is 2.67. The number of para-hydroxylation sites is 2. The van der Waals surface area contributed by atoms with Crippen LogP contribution in [0.4, 0.5) is 0 Å². The second-order valence-corrected chi connectivity index (χ2v) is 5.88. The number of carbonyl (C=O) groups excluding carboxylic acids is 1. The Bertz CT molecular complexity index is 784. The Morgan fingerprint density at radius 3 is 2.38 bits per heavy atom. The zero-order valence-electron chi connectivity index (χ0n) is 14.6. The molecule has 0 atom stereocenters. The molecule has 7 heteroatoms. The summed E-state index contributed by atoms with van der Waals surface area (Å²) in [4.78, 5) is 12.2. The SMILES string of the molecule is COc1ccccc1Oc1ccc(C(=O)N/C(N)=N/N2CCCC2)cc1. The number of guanidine groups is 1. The lowest BCUT2D eigenvalue weighted by Crippen LogP contribution is -2.38. The second-order valence-electron chi connectivity index (χ2n) is 5.88. The summed E-state index contributed by atoms with van der Waals surface area (Å²) in [5.74, 6) is 1.64. The molecule has 0 unspecified atom stereocenters. The molecule has 0 saturated carbocycles. The van der Waals surface area contributed by atoms with E-state index in [1.807, 2.05) is 29.3 Å². The zero-order chi connectivity index (χ0) is 18.4. The van der Waals surface area contributed by atoms with Crippen LogP contribution < -0.4 is 20.5 Å². The van der Waals surface area contributed by atoms with Crippen LogP contribution >= 0.6 is 0 Å². The maximum atomic E-state index is 12.2. The standard InChI is InChI=1S/C19H22N4O3/c1-25-16-6-2-3-7-17(16)26-15-10-8-14(9-11-15)18(24)21-19(20)22-23-12-4-5-13-23/h2-3,6-11H,4-5,12-13H2,1H3,(H3,20,21,22,24). The number of hydrogen-bond donors (Lipinski definition) is 2. The first-order valence-corrected chi connectivity index (χ1v) is 8.47. The predicted molar refractivity (Wildman–Crippen MR) is 99.4 cm³/mol. The third-order valence-electron chi connectivity index (χ3n) is 3.99. The number of hydrazone groups is 1. The van der Waals surface area contributed by atoms with Gasteiger partial charge >= 0.3 is 0 Å². The van der Waals surface area contributed by atoms with Crippen molar-refractivity contribution in [2.24, 2.45) is 10.8 Å². The van der Waals surface area contributed by atoms with Gasteiger partial charge < -0.3 is 15.2 Å². The summed E-state index contributed by atoms with van der Waals surface area (Å²) >= 11 is 0. The summed E-state index contributed by atoms with van der Waals surface area (Å²) in [5, 5.41) is 8.65. The number of nitrogens with two attached hydrogens (primary N) is 1. The van der Waals surface area contributed by atoms with Crippen LogP contribution in [0, 0.1) is 0 Å². The van der Waals surface area contributed by atoms with Crippen molar-refractivity contribution >= 4 is 11.9 Å². The highest BCUT2D eigenvalue weighted by atomic mass is 16.5. The fourth-order valence-corrected chi connectivity index (χ4v) is 2.67. The molecule has 7 nitrogen and oxygen atoms in total. The van der Waals surface area contributed by atoms with E-state index in [0.29, 0.717) is 22.8 Å². The third-order valence-corrected chi connectivity index (χ3v) is 3.99. The number of rotatable bonds is 5. The van der Waals surface area contributed by atoms with Gasteiger partial charge in [-0.1, -0.05) is 12.1 Å².